The number of hydrogen-bond acceptors (Lipinski definition) is 3. The average Bonchev–Trinajstić information content (AvgIpc) is 2.48. The molecule has 0 aromatic heterocycles. The molecule has 0 aliphatic carbocycles. The molecule has 0 spiro atoms. The van der Waals surface area contributed by atoms with Gasteiger partial charge in [-0.15, -0.1) is 0 Å². The minimum atomic E-state index is 0.0178. The number of carbonyl (C=O) groups is 1. The Kier molecular flexibility index (Phi) is 4.74. The highest BCUT2D eigenvalue weighted by Gasteiger charge is 2.09. The summed E-state index contributed by atoms with van der Waals surface area (Å²) in [5.41, 5.74) is 0.839. The van der Waals surface area contributed by atoms with Gasteiger partial charge >= 0.3 is 0 Å². The van der Waals surface area contributed by atoms with Gasteiger partial charge in [0.2, 0.25) is 5.91 Å². The Hall–Kier alpha value is -2.33. The van der Waals surface area contributed by atoms with E-state index in [4.69, 9.17) is 4.74 Å². The lowest BCUT2D eigenvalue weighted by molar-refractivity contribution is -0.117. The van der Waals surface area contributed by atoms with Gasteiger partial charge in [0.05, 0.1) is 6.54 Å². The zero-order chi connectivity index (χ0) is 14.4. The smallest absolute Gasteiger partial charge is 0.240 e. The van der Waals surface area contributed by atoms with Crippen LogP contribution in [0.25, 0.3) is 0 Å². The highest BCUT2D eigenvalue weighted by atomic mass is 16.5. The summed E-state index contributed by atoms with van der Waals surface area (Å²) < 4.78 is 5.71. The first-order valence-corrected chi connectivity index (χ1v) is 6.45. The molecular weight excluding hydrogens is 252 g/mol. The van der Waals surface area contributed by atoms with Crippen LogP contribution in [0.5, 0.6) is 11.5 Å². The molecule has 2 aromatic carbocycles. The first-order valence-electron chi connectivity index (χ1n) is 6.45. The van der Waals surface area contributed by atoms with Gasteiger partial charge in [-0.05, 0) is 43.4 Å². The number of rotatable bonds is 5. The van der Waals surface area contributed by atoms with Crippen molar-refractivity contribution in [3.63, 3.8) is 0 Å². The van der Waals surface area contributed by atoms with E-state index in [-0.39, 0.29) is 5.91 Å². The highest BCUT2D eigenvalue weighted by Crippen LogP contribution is 2.23. The van der Waals surface area contributed by atoms with Crippen molar-refractivity contribution in [1.29, 1.82) is 0 Å². The van der Waals surface area contributed by atoms with E-state index < -0.39 is 0 Å². The summed E-state index contributed by atoms with van der Waals surface area (Å²) in [6.45, 7) is 0.318. The van der Waals surface area contributed by atoms with Crippen LogP contribution >= 0.6 is 0 Å². The van der Waals surface area contributed by atoms with E-state index in [1.165, 1.54) is 0 Å². The Bertz CT molecular complexity index is 552. The number of para-hydroxylation sites is 1. The Morgan fingerprint density at radius 3 is 2.25 bits per heavy atom. The van der Waals surface area contributed by atoms with Crippen LogP contribution in [0, 0.1) is 0 Å². The van der Waals surface area contributed by atoms with Crippen LogP contribution in [-0.4, -0.2) is 26.5 Å². The fraction of sp³-hybridized carbons (Fsp3) is 0.188. The van der Waals surface area contributed by atoms with Crippen LogP contribution in [0.3, 0.4) is 0 Å². The zero-order valence-electron chi connectivity index (χ0n) is 11.7. The van der Waals surface area contributed by atoms with Gasteiger partial charge in [0.1, 0.15) is 11.5 Å². The summed E-state index contributed by atoms with van der Waals surface area (Å²) >= 11 is 0. The molecule has 4 heteroatoms. The lowest BCUT2D eigenvalue weighted by atomic mass is 10.2. The third kappa shape index (κ3) is 3.59. The second-order valence-corrected chi connectivity index (χ2v) is 4.39. The number of amides is 1. The SMILES string of the molecule is CNCC(=O)N(C)c1ccc(Oc2ccccc2)cc1. The standard InChI is InChI=1S/C16H18N2O2/c1-17-12-16(19)18(2)13-8-10-15(11-9-13)20-14-6-4-3-5-7-14/h3-11,17H,12H2,1-2H3. The number of ether oxygens (including phenoxy) is 1. The number of benzene rings is 2. The third-order valence-corrected chi connectivity index (χ3v) is 2.91. The Morgan fingerprint density at radius 1 is 1.05 bits per heavy atom. The molecule has 0 saturated heterocycles. The van der Waals surface area contributed by atoms with Crippen molar-refractivity contribution >= 4 is 11.6 Å². The average molecular weight is 270 g/mol. The summed E-state index contributed by atoms with van der Waals surface area (Å²) in [5.74, 6) is 1.55. The van der Waals surface area contributed by atoms with E-state index in [2.05, 4.69) is 5.32 Å². The maximum atomic E-state index is 11.8. The molecule has 0 heterocycles. The normalized spacial score (nSPS) is 10.1. The van der Waals surface area contributed by atoms with Crippen molar-refractivity contribution in [2.45, 2.75) is 0 Å². The predicted molar refractivity (Wildman–Crippen MR) is 80.3 cm³/mol. The first-order chi connectivity index (χ1) is 9.70. The van der Waals surface area contributed by atoms with Gasteiger partial charge in [0.15, 0.2) is 0 Å². The molecule has 1 N–H and O–H groups in total. The van der Waals surface area contributed by atoms with E-state index in [1.54, 1.807) is 19.0 Å². The largest absolute Gasteiger partial charge is 0.457 e. The van der Waals surface area contributed by atoms with E-state index in [0.29, 0.717) is 6.54 Å². The Labute approximate surface area is 119 Å². The molecule has 4 nitrogen and oxygen atoms in total. The number of likely N-dealkylation sites (N-methyl/N-ethyl adjacent to an activating group) is 2. The lowest BCUT2D eigenvalue weighted by Crippen LogP contribution is -2.33. The van der Waals surface area contributed by atoms with Crippen molar-refractivity contribution in [3.05, 3.63) is 54.6 Å². The third-order valence-electron chi connectivity index (χ3n) is 2.91. The van der Waals surface area contributed by atoms with Crippen LogP contribution in [0.15, 0.2) is 54.6 Å². The van der Waals surface area contributed by atoms with Crippen molar-refractivity contribution in [3.8, 4) is 11.5 Å². The van der Waals surface area contributed by atoms with E-state index in [0.717, 1.165) is 17.2 Å². The molecule has 1 amide bonds. The fourth-order valence-electron chi connectivity index (χ4n) is 1.78. The Morgan fingerprint density at radius 2 is 1.65 bits per heavy atom. The molecule has 104 valence electrons. The van der Waals surface area contributed by atoms with Gasteiger partial charge in [-0.1, -0.05) is 18.2 Å². The van der Waals surface area contributed by atoms with Crippen LogP contribution in [-0.2, 0) is 4.79 Å². The van der Waals surface area contributed by atoms with Crippen molar-refractivity contribution in [2.75, 3.05) is 25.5 Å². The minimum Gasteiger partial charge on any atom is -0.457 e. The molecule has 0 atom stereocenters. The molecule has 0 bridgehead atoms. The van der Waals surface area contributed by atoms with Gasteiger partial charge in [0.25, 0.3) is 0 Å². The van der Waals surface area contributed by atoms with Crippen molar-refractivity contribution in [2.24, 2.45) is 0 Å². The summed E-state index contributed by atoms with van der Waals surface area (Å²) in [7, 11) is 3.51. The topological polar surface area (TPSA) is 41.6 Å². The molecular formula is C16H18N2O2. The molecule has 0 unspecified atom stereocenters. The molecule has 2 rings (SSSR count). The lowest BCUT2D eigenvalue weighted by Gasteiger charge is -2.17. The fourth-order valence-corrected chi connectivity index (χ4v) is 1.78. The minimum absolute atomic E-state index is 0.0178. The van der Waals surface area contributed by atoms with Crippen molar-refractivity contribution < 1.29 is 9.53 Å². The molecule has 0 aliphatic heterocycles. The van der Waals surface area contributed by atoms with Crippen LogP contribution in [0.4, 0.5) is 5.69 Å². The number of nitrogens with zero attached hydrogens (tertiary/aromatic N) is 1. The maximum absolute atomic E-state index is 11.8. The zero-order valence-corrected chi connectivity index (χ0v) is 11.7. The quantitative estimate of drug-likeness (QED) is 0.908. The number of anilines is 1. The van der Waals surface area contributed by atoms with Crippen LogP contribution in [0.2, 0.25) is 0 Å². The van der Waals surface area contributed by atoms with Gasteiger partial charge < -0.3 is 15.0 Å². The highest BCUT2D eigenvalue weighted by molar-refractivity contribution is 5.94. The summed E-state index contributed by atoms with van der Waals surface area (Å²) in [6.07, 6.45) is 0. The summed E-state index contributed by atoms with van der Waals surface area (Å²) in [4.78, 5) is 13.4. The van der Waals surface area contributed by atoms with E-state index in [1.807, 2.05) is 54.6 Å². The summed E-state index contributed by atoms with van der Waals surface area (Å²) in [6, 6.07) is 17.0. The second kappa shape index (κ2) is 6.73. The van der Waals surface area contributed by atoms with Crippen LogP contribution in [0.1, 0.15) is 0 Å². The molecule has 0 radical (unpaired) electrons. The number of nitrogens with one attached hydrogen (secondary N) is 1. The molecule has 0 aliphatic rings. The predicted octanol–water partition coefficient (Wildman–Crippen LogP) is 2.66. The summed E-state index contributed by atoms with van der Waals surface area (Å²) in [5, 5.41) is 2.85. The van der Waals surface area contributed by atoms with Gasteiger partial charge in [-0.2, -0.15) is 0 Å². The second-order valence-electron chi connectivity index (χ2n) is 4.39. The monoisotopic (exact) mass is 270 g/mol. The molecule has 0 fully saturated rings. The van der Waals surface area contributed by atoms with Gasteiger partial charge in [0, 0.05) is 12.7 Å². The molecule has 2 aromatic rings. The van der Waals surface area contributed by atoms with E-state index >= 15 is 0 Å². The van der Waals surface area contributed by atoms with Gasteiger partial charge in [-0.25, -0.2) is 0 Å². The first kappa shape index (κ1) is 14.1. The Balaban J connectivity index is 2.04. The van der Waals surface area contributed by atoms with E-state index in [9.17, 15) is 4.79 Å². The molecule has 20 heavy (non-hydrogen) atoms. The number of carbonyl (C=O) groups excluding carboxylic acids is 1. The van der Waals surface area contributed by atoms with Crippen LogP contribution < -0.4 is 15.0 Å². The van der Waals surface area contributed by atoms with Gasteiger partial charge in [-0.3, -0.25) is 4.79 Å². The number of hydrogen-bond donors (Lipinski definition) is 1. The molecule has 0 saturated carbocycles. The maximum Gasteiger partial charge on any atom is 0.240 e. The van der Waals surface area contributed by atoms with Crippen molar-refractivity contribution in [1.82, 2.24) is 5.32 Å².